The Labute approximate surface area is 275 Å². The minimum absolute atomic E-state index is 0.0296. The number of benzene rings is 2. The maximum Gasteiger partial charge on any atom is 0.236 e. The molecule has 8 rings (SSSR count). The first-order valence-electron chi connectivity index (χ1n) is 16.6. The quantitative estimate of drug-likeness (QED) is 0.253. The van der Waals surface area contributed by atoms with Gasteiger partial charge in [-0.2, -0.15) is 10.1 Å². The smallest absolute Gasteiger partial charge is 0.236 e. The lowest BCUT2D eigenvalue weighted by Gasteiger charge is -2.33. The van der Waals surface area contributed by atoms with Crippen LogP contribution in [0.1, 0.15) is 61.1 Å². The summed E-state index contributed by atoms with van der Waals surface area (Å²) in [5.74, 6) is 2.24. The largest absolute Gasteiger partial charge is 0.371 e. The van der Waals surface area contributed by atoms with Crippen molar-refractivity contribution < 1.29 is 13.4 Å². The maximum atomic E-state index is 15.0. The van der Waals surface area contributed by atoms with Crippen molar-refractivity contribution in [1.82, 2.24) is 29.0 Å². The molecule has 0 radical (unpaired) electrons. The zero-order valence-electron chi connectivity index (χ0n) is 26.8. The highest BCUT2D eigenvalue weighted by Gasteiger charge is 2.57. The molecule has 13 heteroatoms. The number of anilines is 3. The number of hydrogen-bond acceptors (Lipinski definition) is 8. The highest BCUT2D eigenvalue weighted by molar-refractivity contribution is 7.82. The molecule has 3 fully saturated rings. The van der Waals surface area contributed by atoms with Gasteiger partial charge in [-0.05, 0) is 93.4 Å². The molecule has 4 aromatic rings. The molecule has 246 valence electrons. The van der Waals surface area contributed by atoms with E-state index in [4.69, 9.17) is 0 Å². The molecule has 4 aliphatic rings. The summed E-state index contributed by atoms with van der Waals surface area (Å²) >= 11 is 0. The number of aromatic nitrogens is 4. The number of carbonyl (C=O) groups is 1. The van der Waals surface area contributed by atoms with E-state index < -0.39 is 16.4 Å². The lowest BCUT2D eigenvalue weighted by molar-refractivity contribution is -0.117. The molecule has 2 aromatic carbocycles. The van der Waals surface area contributed by atoms with Crippen LogP contribution in [0.2, 0.25) is 0 Å². The van der Waals surface area contributed by atoms with Crippen LogP contribution in [0.5, 0.6) is 0 Å². The first-order valence-corrected chi connectivity index (χ1v) is 17.7. The van der Waals surface area contributed by atoms with Gasteiger partial charge in [-0.1, -0.05) is 6.07 Å². The lowest BCUT2D eigenvalue weighted by atomic mass is 9.89. The van der Waals surface area contributed by atoms with E-state index in [1.165, 1.54) is 11.6 Å². The van der Waals surface area contributed by atoms with E-state index in [2.05, 4.69) is 54.1 Å². The van der Waals surface area contributed by atoms with Crippen LogP contribution in [0.15, 0.2) is 47.5 Å². The molecule has 3 aliphatic heterocycles. The Kier molecular flexibility index (Phi) is 7.72. The van der Waals surface area contributed by atoms with E-state index in [0.29, 0.717) is 47.8 Å². The number of carbonyl (C=O) groups excluding carboxylic acids is 1. The second-order valence-corrected chi connectivity index (χ2v) is 14.9. The van der Waals surface area contributed by atoms with Crippen molar-refractivity contribution in [3.05, 3.63) is 65.1 Å². The van der Waals surface area contributed by atoms with E-state index in [9.17, 15) is 9.00 Å². The Bertz CT molecular complexity index is 1880. The predicted molar refractivity (Wildman–Crippen MR) is 180 cm³/mol. The monoisotopic (exact) mass is 657 g/mol. The SMILES string of the molecule is CNc1nn(C)c2cc(C3CCN(Cc4cc(S(=O)N5CCC(Nc6ncc7c(n6)NC(=O)C76CC6)CC5)ccc4F)CC3)ccc12. The number of aryl methyl sites for hydroxylation is 1. The van der Waals surface area contributed by atoms with Crippen molar-refractivity contribution in [3.8, 4) is 0 Å². The van der Waals surface area contributed by atoms with Crippen molar-refractivity contribution in [2.75, 3.05) is 49.2 Å². The first kappa shape index (κ1) is 30.4. The molecule has 1 atom stereocenters. The highest BCUT2D eigenvalue weighted by atomic mass is 32.2. The molecule has 1 saturated carbocycles. The normalized spacial score (nSPS) is 20.8. The molecule has 2 saturated heterocycles. The van der Waals surface area contributed by atoms with Gasteiger partial charge in [0.15, 0.2) is 5.82 Å². The van der Waals surface area contributed by atoms with Crippen molar-refractivity contribution in [2.24, 2.45) is 7.05 Å². The van der Waals surface area contributed by atoms with Gasteiger partial charge in [-0.25, -0.2) is 17.9 Å². The Hall–Kier alpha value is -3.94. The average Bonchev–Trinajstić information content (AvgIpc) is 3.77. The zero-order chi connectivity index (χ0) is 32.3. The second-order valence-electron chi connectivity index (χ2n) is 13.4. The fourth-order valence-electron chi connectivity index (χ4n) is 7.52. The molecule has 47 heavy (non-hydrogen) atoms. The lowest BCUT2D eigenvalue weighted by Crippen LogP contribution is -2.40. The summed E-state index contributed by atoms with van der Waals surface area (Å²) in [6.07, 6.45) is 7.04. The molecule has 3 N–H and O–H groups in total. The van der Waals surface area contributed by atoms with Gasteiger partial charge >= 0.3 is 0 Å². The van der Waals surface area contributed by atoms with Crippen LogP contribution in [0.25, 0.3) is 10.9 Å². The fourth-order valence-corrected chi connectivity index (χ4v) is 8.79. The van der Waals surface area contributed by atoms with E-state index in [0.717, 1.165) is 73.9 Å². The molecule has 1 amide bonds. The topological polar surface area (TPSA) is 120 Å². The predicted octanol–water partition coefficient (Wildman–Crippen LogP) is 4.51. The number of hydrogen-bond donors (Lipinski definition) is 3. The van der Waals surface area contributed by atoms with Gasteiger partial charge in [0.2, 0.25) is 11.9 Å². The van der Waals surface area contributed by atoms with Crippen LogP contribution < -0.4 is 16.0 Å². The molecule has 1 aliphatic carbocycles. The number of nitrogens with zero attached hydrogens (tertiary/aromatic N) is 6. The fraction of sp³-hybridized carbons (Fsp3) is 0.471. The van der Waals surface area contributed by atoms with E-state index in [-0.39, 0.29) is 17.8 Å². The van der Waals surface area contributed by atoms with Crippen molar-refractivity contribution in [3.63, 3.8) is 0 Å². The molecule has 2 aromatic heterocycles. The van der Waals surface area contributed by atoms with Gasteiger partial charge in [0.25, 0.3) is 0 Å². The molecule has 0 bridgehead atoms. The summed E-state index contributed by atoms with van der Waals surface area (Å²) in [4.78, 5) is 24.3. The van der Waals surface area contributed by atoms with Crippen LogP contribution in [0.3, 0.4) is 0 Å². The zero-order valence-corrected chi connectivity index (χ0v) is 27.6. The third-order valence-corrected chi connectivity index (χ3v) is 12.0. The van der Waals surface area contributed by atoms with Crippen molar-refractivity contribution >= 4 is 45.4 Å². The second kappa shape index (κ2) is 11.9. The van der Waals surface area contributed by atoms with Crippen molar-refractivity contribution in [2.45, 2.75) is 67.3 Å². The Balaban J connectivity index is 0.853. The van der Waals surface area contributed by atoms with Gasteiger partial charge in [0.05, 0.1) is 15.8 Å². The Morgan fingerprint density at radius 2 is 1.85 bits per heavy atom. The summed E-state index contributed by atoms with van der Waals surface area (Å²) in [5.41, 5.74) is 3.55. The van der Waals surface area contributed by atoms with Crippen LogP contribution in [-0.2, 0) is 34.8 Å². The van der Waals surface area contributed by atoms with Gasteiger partial charge in [0.1, 0.15) is 22.6 Å². The molecule has 1 unspecified atom stereocenters. The minimum Gasteiger partial charge on any atom is -0.371 e. The van der Waals surface area contributed by atoms with E-state index in [1.54, 1.807) is 18.3 Å². The Morgan fingerprint density at radius 1 is 1.06 bits per heavy atom. The average molecular weight is 658 g/mol. The number of fused-ring (bicyclic) bond motifs is 3. The maximum absolute atomic E-state index is 15.0. The summed E-state index contributed by atoms with van der Waals surface area (Å²) in [6.45, 7) is 3.53. The van der Waals surface area contributed by atoms with Crippen LogP contribution >= 0.6 is 0 Å². The highest BCUT2D eigenvalue weighted by Crippen LogP contribution is 2.54. The van der Waals surface area contributed by atoms with E-state index >= 15 is 4.39 Å². The van der Waals surface area contributed by atoms with Crippen LogP contribution in [-0.4, -0.2) is 78.3 Å². The standard InChI is InChI=1S/C34H40FN9O2S/c1-36-30-26-5-3-22(18-29(26)42(2)41-30)21-7-13-43(14-8-21)20-23-17-25(4-6-28(23)35)47(46)44-15-9-24(10-16-44)38-33-37-19-27-31(40-33)39-32(45)34(27)11-12-34/h3-6,17-19,21,24H,7-16,20H2,1-2H3,(H,36,41)(H2,37,38,39,40,45). The summed E-state index contributed by atoms with van der Waals surface area (Å²) in [5, 5.41) is 15.2. The van der Waals surface area contributed by atoms with Gasteiger partial charge in [0, 0.05) is 62.5 Å². The van der Waals surface area contributed by atoms with Gasteiger partial charge in [-0.15, -0.1) is 0 Å². The summed E-state index contributed by atoms with van der Waals surface area (Å²) in [7, 11) is 2.49. The minimum atomic E-state index is -1.38. The molecule has 11 nitrogen and oxygen atoms in total. The molecule has 1 spiro atoms. The summed E-state index contributed by atoms with van der Waals surface area (Å²) in [6, 6.07) is 11.7. The number of rotatable bonds is 8. The first-order chi connectivity index (χ1) is 22.8. The third kappa shape index (κ3) is 5.57. The molecular formula is C34H40FN9O2S. The van der Waals surface area contributed by atoms with Gasteiger partial charge in [-0.3, -0.25) is 14.4 Å². The van der Waals surface area contributed by atoms with E-state index in [1.807, 2.05) is 23.1 Å². The molecular weight excluding hydrogens is 618 g/mol. The number of halogens is 1. The number of piperidine rings is 2. The summed E-state index contributed by atoms with van der Waals surface area (Å²) < 4.78 is 32.5. The number of likely N-dealkylation sites (tertiary alicyclic amines) is 1. The number of nitrogens with one attached hydrogen (secondary N) is 3. The van der Waals surface area contributed by atoms with Crippen molar-refractivity contribution in [1.29, 1.82) is 0 Å². The van der Waals surface area contributed by atoms with Gasteiger partial charge < -0.3 is 16.0 Å². The Morgan fingerprint density at radius 3 is 2.60 bits per heavy atom. The third-order valence-electron chi connectivity index (χ3n) is 10.5. The van der Waals surface area contributed by atoms with Crippen LogP contribution in [0.4, 0.5) is 22.0 Å². The number of amides is 1. The van der Waals surface area contributed by atoms with Crippen LogP contribution in [0, 0.1) is 5.82 Å². The molecule has 5 heterocycles.